The summed E-state index contributed by atoms with van der Waals surface area (Å²) in [7, 11) is 1.64. The van der Waals surface area contributed by atoms with Gasteiger partial charge in [-0.1, -0.05) is 12.1 Å². The average molecular weight is 180 g/mol. The molecular weight excluding hydrogens is 164 g/mol. The van der Waals surface area contributed by atoms with Crippen LogP contribution in [0.4, 0.5) is 0 Å². The van der Waals surface area contributed by atoms with Gasteiger partial charge in [0, 0.05) is 12.1 Å². The number of benzene rings is 1. The summed E-state index contributed by atoms with van der Waals surface area (Å²) < 4.78 is 5.04. The van der Waals surface area contributed by atoms with Crippen LogP contribution in [-0.4, -0.2) is 13.2 Å². The molecule has 1 aromatic carbocycles. The Morgan fingerprint density at radius 1 is 1.15 bits per heavy atom. The van der Waals surface area contributed by atoms with Crippen molar-refractivity contribution < 1.29 is 4.74 Å². The van der Waals surface area contributed by atoms with Crippen LogP contribution in [-0.2, 0) is 0 Å². The van der Waals surface area contributed by atoms with E-state index in [4.69, 9.17) is 16.2 Å². The number of hydrogen-bond acceptors (Lipinski definition) is 3. The molecule has 0 fully saturated rings. The molecular formula is C10H16N2O. The van der Waals surface area contributed by atoms with Crippen LogP contribution in [0.1, 0.15) is 18.5 Å². The van der Waals surface area contributed by atoms with Crippen LogP contribution in [0.5, 0.6) is 5.75 Å². The SMILES string of the molecule is COc1ccc([C@@H](N)[C@H](C)N)cc1. The Balaban J connectivity index is 2.79. The lowest BCUT2D eigenvalue weighted by atomic mass is 10.0. The van der Waals surface area contributed by atoms with E-state index in [2.05, 4.69) is 0 Å². The minimum absolute atomic E-state index is 0.0339. The molecule has 0 heterocycles. The van der Waals surface area contributed by atoms with Gasteiger partial charge in [-0.15, -0.1) is 0 Å². The lowest BCUT2D eigenvalue weighted by Crippen LogP contribution is -2.30. The van der Waals surface area contributed by atoms with Crippen molar-refractivity contribution in [1.82, 2.24) is 0 Å². The first-order chi connectivity index (χ1) is 6.15. The van der Waals surface area contributed by atoms with E-state index in [9.17, 15) is 0 Å². The summed E-state index contributed by atoms with van der Waals surface area (Å²) in [6.07, 6.45) is 0. The molecule has 0 aliphatic carbocycles. The molecule has 3 nitrogen and oxygen atoms in total. The first kappa shape index (κ1) is 10.0. The van der Waals surface area contributed by atoms with Crippen LogP contribution >= 0.6 is 0 Å². The van der Waals surface area contributed by atoms with E-state index < -0.39 is 0 Å². The van der Waals surface area contributed by atoms with Crippen molar-refractivity contribution >= 4 is 0 Å². The Hall–Kier alpha value is -1.06. The average Bonchev–Trinajstić information content (AvgIpc) is 2.17. The summed E-state index contributed by atoms with van der Waals surface area (Å²) >= 11 is 0. The standard InChI is InChI=1S/C10H16N2O/c1-7(11)10(12)8-3-5-9(13-2)6-4-8/h3-7,10H,11-12H2,1-2H3/t7-,10-/m0/s1. The van der Waals surface area contributed by atoms with Crippen LogP contribution in [0.3, 0.4) is 0 Å². The van der Waals surface area contributed by atoms with Gasteiger partial charge < -0.3 is 16.2 Å². The van der Waals surface area contributed by atoms with Gasteiger partial charge >= 0.3 is 0 Å². The van der Waals surface area contributed by atoms with E-state index in [0.717, 1.165) is 11.3 Å². The number of rotatable bonds is 3. The minimum atomic E-state index is -0.106. The number of hydrogen-bond donors (Lipinski definition) is 2. The maximum atomic E-state index is 5.86. The molecule has 1 aromatic rings. The summed E-state index contributed by atoms with van der Waals surface area (Å²) in [5, 5.41) is 0. The predicted molar refractivity (Wildman–Crippen MR) is 53.6 cm³/mol. The molecule has 1 rings (SSSR count). The normalized spacial score (nSPS) is 15.1. The van der Waals surface area contributed by atoms with Gasteiger partial charge in [-0.3, -0.25) is 0 Å². The van der Waals surface area contributed by atoms with Crippen molar-refractivity contribution in [3.05, 3.63) is 29.8 Å². The third kappa shape index (κ3) is 2.44. The molecule has 0 spiro atoms. The highest BCUT2D eigenvalue weighted by molar-refractivity contribution is 5.29. The van der Waals surface area contributed by atoms with Crippen LogP contribution in [0.15, 0.2) is 24.3 Å². The minimum Gasteiger partial charge on any atom is -0.497 e. The van der Waals surface area contributed by atoms with Gasteiger partial charge in [0.25, 0.3) is 0 Å². The van der Waals surface area contributed by atoms with Crippen molar-refractivity contribution in [3.8, 4) is 5.75 Å². The van der Waals surface area contributed by atoms with Crippen LogP contribution in [0.25, 0.3) is 0 Å². The Labute approximate surface area is 78.7 Å². The molecule has 0 saturated carbocycles. The highest BCUT2D eigenvalue weighted by Gasteiger charge is 2.09. The molecule has 0 aliphatic rings. The van der Waals surface area contributed by atoms with E-state index in [1.54, 1.807) is 7.11 Å². The molecule has 2 atom stereocenters. The zero-order chi connectivity index (χ0) is 9.84. The molecule has 72 valence electrons. The number of methoxy groups -OCH3 is 1. The summed E-state index contributed by atoms with van der Waals surface area (Å²) in [6, 6.07) is 7.51. The van der Waals surface area contributed by atoms with Crippen LogP contribution in [0.2, 0.25) is 0 Å². The van der Waals surface area contributed by atoms with Crippen molar-refractivity contribution in [2.24, 2.45) is 11.5 Å². The van der Waals surface area contributed by atoms with Crippen molar-refractivity contribution in [2.75, 3.05) is 7.11 Å². The van der Waals surface area contributed by atoms with E-state index in [-0.39, 0.29) is 12.1 Å². The third-order valence-electron chi connectivity index (χ3n) is 2.07. The van der Waals surface area contributed by atoms with Crippen molar-refractivity contribution in [1.29, 1.82) is 0 Å². The summed E-state index contributed by atoms with van der Waals surface area (Å²) in [5.41, 5.74) is 12.6. The van der Waals surface area contributed by atoms with E-state index in [0.29, 0.717) is 0 Å². The molecule has 13 heavy (non-hydrogen) atoms. The van der Waals surface area contributed by atoms with E-state index in [1.807, 2.05) is 31.2 Å². The molecule has 0 aromatic heterocycles. The molecule has 0 bridgehead atoms. The fourth-order valence-corrected chi connectivity index (χ4v) is 1.13. The van der Waals surface area contributed by atoms with E-state index in [1.165, 1.54) is 0 Å². The topological polar surface area (TPSA) is 61.3 Å². The lowest BCUT2D eigenvalue weighted by Gasteiger charge is -2.15. The molecule has 0 amide bonds. The lowest BCUT2D eigenvalue weighted by molar-refractivity contribution is 0.414. The third-order valence-corrected chi connectivity index (χ3v) is 2.07. The fraction of sp³-hybridized carbons (Fsp3) is 0.400. The Morgan fingerprint density at radius 2 is 1.69 bits per heavy atom. The first-order valence-electron chi connectivity index (χ1n) is 4.30. The zero-order valence-corrected chi connectivity index (χ0v) is 8.03. The first-order valence-corrected chi connectivity index (χ1v) is 4.30. The Bertz CT molecular complexity index is 256. The quantitative estimate of drug-likeness (QED) is 0.730. The van der Waals surface area contributed by atoms with Gasteiger partial charge in [-0.25, -0.2) is 0 Å². The fourth-order valence-electron chi connectivity index (χ4n) is 1.13. The van der Waals surface area contributed by atoms with Gasteiger partial charge in [0.15, 0.2) is 0 Å². The molecule has 0 aliphatic heterocycles. The molecule has 0 saturated heterocycles. The van der Waals surface area contributed by atoms with Crippen LogP contribution in [0, 0.1) is 0 Å². The zero-order valence-electron chi connectivity index (χ0n) is 8.03. The molecule has 3 heteroatoms. The maximum Gasteiger partial charge on any atom is 0.118 e. The number of ether oxygens (including phenoxy) is 1. The van der Waals surface area contributed by atoms with Gasteiger partial charge in [0.1, 0.15) is 5.75 Å². The van der Waals surface area contributed by atoms with Crippen molar-refractivity contribution in [3.63, 3.8) is 0 Å². The Morgan fingerprint density at radius 3 is 2.08 bits per heavy atom. The highest BCUT2D eigenvalue weighted by atomic mass is 16.5. The second-order valence-electron chi connectivity index (χ2n) is 3.16. The summed E-state index contributed by atoms with van der Waals surface area (Å²) in [6.45, 7) is 1.90. The van der Waals surface area contributed by atoms with Gasteiger partial charge in [0.2, 0.25) is 0 Å². The Kier molecular flexibility index (Phi) is 3.28. The second-order valence-corrected chi connectivity index (χ2v) is 3.16. The predicted octanol–water partition coefficient (Wildman–Crippen LogP) is 1.04. The summed E-state index contributed by atoms with van der Waals surface area (Å²) in [5.74, 6) is 0.834. The molecule has 4 N–H and O–H groups in total. The smallest absolute Gasteiger partial charge is 0.118 e. The van der Waals surface area contributed by atoms with Crippen molar-refractivity contribution in [2.45, 2.75) is 19.0 Å². The molecule has 0 radical (unpaired) electrons. The summed E-state index contributed by atoms with van der Waals surface area (Å²) in [4.78, 5) is 0. The maximum absolute atomic E-state index is 5.86. The molecule has 0 unspecified atom stereocenters. The van der Waals surface area contributed by atoms with Gasteiger partial charge in [-0.05, 0) is 24.6 Å². The highest BCUT2D eigenvalue weighted by Crippen LogP contribution is 2.17. The second kappa shape index (κ2) is 4.25. The monoisotopic (exact) mass is 180 g/mol. The number of nitrogens with two attached hydrogens (primary N) is 2. The van der Waals surface area contributed by atoms with Gasteiger partial charge in [0.05, 0.1) is 7.11 Å². The van der Waals surface area contributed by atoms with Crippen LogP contribution < -0.4 is 16.2 Å². The van der Waals surface area contributed by atoms with Gasteiger partial charge in [-0.2, -0.15) is 0 Å². The van der Waals surface area contributed by atoms with E-state index >= 15 is 0 Å². The largest absolute Gasteiger partial charge is 0.497 e.